The van der Waals surface area contributed by atoms with Crippen molar-refractivity contribution in [3.8, 4) is 0 Å². The van der Waals surface area contributed by atoms with Crippen LogP contribution in [0.3, 0.4) is 0 Å². The molecule has 35 heavy (non-hydrogen) atoms. The van der Waals surface area contributed by atoms with Crippen LogP contribution in [0.1, 0.15) is 34.7 Å². The number of carbonyl (C=O) groups excluding carboxylic acids is 2. The Morgan fingerprint density at radius 3 is 1.80 bits per heavy atom. The molecule has 0 unspecified atom stereocenters. The summed E-state index contributed by atoms with van der Waals surface area (Å²) < 4.78 is 28.8. The summed E-state index contributed by atoms with van der Waals surface area (Å²) in [5.41, 5.74) is 5.21. The van der Waals surface area contributed by atoms with Gasteiger partial charge in [-0.1, -0.05) is 47.5 Å². The highest BCUT2D eigenvalue weighted by atomic mass is 32.2. The highest BCUT2D eigenvalue weighted by molar-refractivity contribution is 7.89. The van der Waals surface area contributed by atoms with Crippen molar-refractivity contribution in [2.75, 3.05) is 17.2 Å². The van der Waals surface area contributed by atoms with E-state index in [1.165, 1.54) is 11.2 Å². The van der Waals surface area contributed by atoms with Crippen LogP contribution >= 0.6 is 0 Å². The van der Waals surface area contributed by atoms with Gasteiger partial charge < -0.3 is 10.6 Å². The number of benzene rings is 3. The summed E-state index contributed by atoms with van der Waals surface area (Å²) in [5, 5.41) is 5.41. The lowest BCUT2D eigenvalue weighted by atomic mass is 10.1. The minimum Gasteiger partial charge on any atom is -0.326 e. The van der Waals surface area contributed by atoms with E-state index in [0.29, 0.717) is 22.5 Å². The molecule has 184 valence electrons. The molecule has 0 saturated carbocycles. The van der Waals surface area contributed by atoms with Gasteiger partial charge >= 0.3 is 0 Å². The molecule has 2 amide bonds. The van der Waals surface area contributed by atoms with Gasteiger partial charge in [0.2, 0.25) is 21.8 Å². The van der Waals surface area contributed by atoms with Crippen molar-refractivity contribution in [2.24, 2.45) is 0 Å². The molecule has 0 spiro atoms. The summed E-state index contributed by atoms with van der Waals surface area (Å²) >= 11 is 0. The number of carbonyl (C=O) groups is 2. The molecule has 0 atom stereocenters. The van der Waals surface area contributed by atoms with Crippen molar-refractivity contribution in [3.63, 3.8) is 0 Å². The number of rotatable bonds is 8. The first-order chi connectivity index (χ1) is 16.5. The van der Waals surface area contributed by atoms with Crippen molar-refractivity contribution in [2.45, 2.75) is 46.1 Å². The maximum atomic E-state index is 13.8. The van der Waals surface area contributed by atoms with E-state index in [0.717, 1.165) is 16.7 Å². The summed E-state index contributed by atoms with van der Waals surface area (Å²) in [7, 11) is -3.97. The number of nitrogens with one attached hydrogen (secondary N) is 2. The Hall–Kier alpha value is -3.49. The standard InChI is InChI=1S/C27H31N3O4S/c1-18-6-8-23(9-7-18)16-30(35(33,34)27-20(3)14-19(2)15-21(27)4)17-26(32)29-25-12-10-24(11-13-25)28-22(5)31/h6-15H,16-17H2,1-5H3,(H,28,31)(H,29,32). The van der Waals surface area contributed by atoms with Crippen LogP contribution in [-0.4, -0.2) is 31.1 Å². The number of sulfonamides is 1. The molecule has 8 heteroatoms. The Balaban J connectivity index is 1.89. The zero-order valence-electron chi connectivity index (χ0n) is 20.7. The van der Waals surface area contributed by atoms with Gasteiger partial charge in [-0.05, 0) is 68.7 Å². The monoisotopic (exact) mass is 493 g/mol. The molecule has 0 fully saturated rings. The summed E-state index contributed by atoms with van der Waals surface area (Å²) in [6.45, 7) is 8.55. The van der Waals surface area contributed by atoms with Crippen LogP contribution in [0.15, 0.2) is 65.6 Å². The largest absolute Gasteiger partial charge is 0.326 e. The summed E-state index contributed by atoms with van der Waals surface area (Å²) in [6.07, 6.45) is 0. The van der Waals surface area contributed by atoms with Crippen molar-refractivity contribution in [3.05, 3.63) is 88.5 Å². The molecule has 0 radical (unpaired) electrons. The normalized spacial score (nSPS) is 11.4. The lowest BCUT2D eigenvalue weighted by Gasteiger charge is -2.24. The van der Waals surface area contributed by atoms with Gasteiger partial charge in [-0.2, -0.15) is 4.31 Å². The molecule has 0 bridgehead atoms. The fourth-order valence-corrected chi connectivity index (χ4v) is 5.82. The van der Waals surface area contributed by atoms with Gasteiger partial charge in [0.25, 0.3) is 0 Å². The highest BCUT2D eigenvalue weighted by Gasteiger charge is 2.30. The van der Waals surface area contributed by atoms with Crippen molar-refractivity contribution >= 4 is 33.2 Å². The Morgan fingerprint density at radius 2 is 1.29 bits per heavy atom. The molecule has 2 N–H and O–H groups in total. The van der Waals surface area contributed by atoms with E-state index >= 15 is 0 Å². The number of amides is 2. The van der Waals surface area contributed by atoms with E-state index in [4.69, 9.17) is 0 Å². The SMILES string of the molecule is CC(=O)Nc1ccc(NC(=O)CN(Cc2ccc(C)cc2)S(=O)(=O)c2c(C)cc(C)cc2C)cc1. The van der Waals surface area contributed by atoms with Crippen LogP contribution in [0.2, 0.25) is 0 Å². The van der Waals surface area contributed by atoms with Crippen LogP contribution in [0.4, 0.5) is 11.4 Å². The lowest BCUT2D eigenvalue weighted by Crippen LogP contribution is -2.38. The molecule has 0 aromatic heterocycles. The van der Waals surface area contributed by atoms with Gasteiger partial charge in [-0.25, -0.2) is 8.42 Å². The molecular weight excluding hydrogens is 462 g/mol. The first-order valence-corrected chi connectivity index (χ1v) is 12.7. The quantitative estimate of drug-likeness (QED) is 0.475. The molecule has 3 rings (SSSR count). The smallest absolute Gasteiger partial charge is 0.244 e. The van der Waals surface area contributed by atoms with E-state index < -0.39 is 15.9 Å². The summed E-state index contributed by atoms with van der Waals surface area (Å²) in [4.78, 5) is 24.4. The number of aryl methyl sites for hydroxylation is 4. The topological polar surface area (TPSA) is 95.6 Å². The molecule has 7 nitrogen and oxygen atoms in total. The number of nitrogens with zero attached hydrogens (tertiary/aromatic N) is 1. The second kappa shape index (κ2) is 10.8. The van der Waals surface area contributed by atoms with Crippen LogP contribution in [0.5, 0.6) is 0 Å². The number of hydrogen-bond acceptors (Lipinski definition) is 4. The molecular formula is C27H31N3O4S. The fourth-order valence-electron chi connectivity index (χ4n) is 4.03. The third kappa shape index (κ3) is 6.77. The van der Waals surface area contributed by atoms with Crippen molar-refractivity contribution in [1.29, 1.82) is 0 Å². The molecule has 0 heterocycles. The van der Waals surface area contributed by atoms with Crippen molar-refractivity contribution < 1.29 is 18.0 Å². The first-order valence-electron chi connectivity index (χ1n) is 11.3. The molecule has 0 aliphatic heterocycles. The van der Waals surface area contributed by atoms with Gasteiger partial charge in [0, 0.05) is 24.8 Å². The molecule has 3 aromatic rings. The van der Waals surface area contributed by atoms with Crippen LogP contribution in [-0.2, 0) is 26.2 Å². The maximum Gasteiger partial charge on any atom is 0.244 e. The van der Waals surface area contributed by atoms with Crippen LogP contribution < -0.4 is 10.6 Å². The second-order valence-electron chi connectivity index (χ2n) is 8.79. The Labute approximate surface area is 207 Å². The Bertz CT molecular complexity index is 1310. The average Bonchev–Trinajstić information content (AvgIpc) is 2.75. The fraction of sp³-hybridized carbons (Fsp3) is 0.259. The Morgan fingerprint density at radius 1 is 0.771 bits per heavy atom. The third-order valence-corrected chi connectivity index (χ3v) is 7.59. The highest BCUT2D eigenvalue weighted by Crippen LogP contribution is 2.27. The zero-order valence-corrected chi connectivity index (χ0v) is 21.5. The van der Waals surface area contributed by atoms with Gasteiger partial charge in [0.05, 0.1) is 11.4 Å². The lowest BCUT2D eigenvalue weighted by molar-refractivity contribution is -0.116. The Kier molecular flexibility index (Phi) is 8.09. The number of anilines is 2. The van der Waals surface area contributed by atoms with Gasteiger partial charge in [0.15, 0.2) is 0 Å². The van der Waals surface area contributed by atoms with E-state index in [-0.39, 0.29) is 23.9 Å². The summed E-state index contributed by atoms with van der Waals surface area (Å²) in [6, 6.07) is 17.9. The first kappa shape index (κ1) is 26.1. The predicted octanol–water partition coefficient (Wildman–Crippen LogP) is 4.71. The maximum absolute atomic E-state index is 13.8. The van der Waals surface area contributed by atoms with E-state index in [9.17, 15) is 18.0 Å². The minimum absolute atomic E-state index is 0.0598. The van der Waals surface area contributed by atoms with Gasteiger partial charge in [-0.3, -0.25) is 9.59 Å². The predicted molar refractivity (Wildman–Crippen MR) is 139 cm³/mol. The number of hydrogen-bond donors (Lipinski definition) is 2. The second-order valence-corrected chi connectivity index (χ2v) is 10.7. The van der Waals surface area contributed by atoms with Gasteiger partial charge in [-0.15, -0.1) is 0 Å². The van der Waals surface area contributed by atoms with E-state index in [1.807, 2.05) is 50.2 Å². The molecule has 0 saturated heterocycles. The van der Waals surface area contributed by atoms with Crippen molar-refractivity contribution in [1.82, 2.24) is 4.31 Å². The van der Waals surface area contributed by atoms with Crippen LogP contribution in [0.25, 0.3) is 0 Å². The average molecular weight is 494 g/mol. The summed E-state index contributed by atoms with van der Waals surface area (Å²) in [5.74, 6) is -0.657. The zero-order chi connectivity index (χ0) is 25.8. The van der Waals surface area contributed by atoms with E-state index in [1.54, 1.807) is 38.1 Å². The third-order valence-electron chi connectivity index (χ3n) is 5.49. The molecule has 3 aromatic carbocycles. The minimum atomic E-state index is -3.97. The van der Waals surface area contributed by atoms with E-state index in [2.05, 4.69) is 10.6 Å². The van der Waals surface area contributed by atoms with Crippen LogP contribution in [0, 0.1) is 27.7 Å². The van der Waals surface area contributed by atoms with Gasteiger partial charge in [0.1, 0.15) is 0 Å². The molecule has 0 aliphatic rings. The molecule has 0 aliphatic carbocycles.